The van der Waals surface area contributed by atoms with Crippen LogP contribution < -0.4 is 0 Å². The molecule has 0 aromatic heterocycles. The van der Waals surface area contributed by atoms with E-state index in [4.69, 9.17) is 30.6 Å². The largest absolute Gasteiger partial charge is 2.00 e. The van der Waals surface area contributed by atoms with Gasteiger partial charge >= 0.3 is 86.6 Å². The predicted octanol–water partition coefficient (Wildman–Crippen LogP) is -1.24. The van der Waals surface area contributed by atoms with Crippen LogP contribution in [-0.2, 0) is 0 Å². The van der Waals surface area contributed by atoms with Crippen LogP contribution in [0.2, 0.25) is 0 Å². The maximum absolute atomic E-state index is 8.25. The van der Waals surface area contributed by atoms with Gasteiger partial charge in [-0.15, -0.1) is 0 Å². The van der Waals surface area contributed by atoms with Crippen LogP contribution in [0.1, 0.15) is 0 Å². The maximum Gasteiger partial charge on any atom is 2.00 e. The third-order valence-electron chi connectivity index (χ3n) is 0. The average molecular weight is 301 g/mol. The second kappa shape index (κ2) is 16.7. The van der Waals surface area contributed by atoms with Crippen molar-refractivity contribution in [1.82, 2.24) is 0 Å². The Bertz CT molecular complexity index is 73.7. The van der Waals surface area contributed by atoms with Crippen molar-refractivity contribution in [2.45, 2.75) is 0 Å². The Kier molecular flexibility index (Phi) is 37.5. The molecule has 0 saturated carbocycles. The molecule has 8 nitrogen and oxygen atoms in total. The molecule has 0 aromatic carbocycles. The molecule has 0 amide bonds. The standard InChI is InChI=1S/Ba.Ca.2NO3/c;;2*2-1(3)4/q2*+2;2*-1. The summed E-state index contributed by atoms with van der Waals surface area (Å²) in [5.74, 6) is 0. The fourth-order valence-electron chi connectivity index (χ4n) is 0. The van der Waals surface area contributed by atoms with Gasteiger partial charge in [0.1, 0.15) is 0 Å². The molecule has 48 valence electrons. The van der Waals surface area contributed by atoms with Crippen molar-refractivity contribution >= 4 is 86.6 Å². The van der Waals surface area contributed by atoms with Crippen LogP contribution in [0.3, 0.4) is 0 Å². The minimum atomic E-state index is -1.75. The molecule has 0 heterocycles. The first-order valence-corrected chi connectivity index (χ1v) is 1.10. The molecule has 0 aliphatic carbocycles. The minimum absolute atomic E-state index is 0. The Hall–Kier alpha value is 1.23. The quantitative estimate of drug-likeness (QED) is 0.312. The Morgan fingerprint density at radius 2 is 0.800 bits per heavy atom. The monoisotopic (exact) mass is 302 g/mol. The van der Waals surface area contributed by atoms with Crippen LogP contribution in [0, 0.1) is 30.6 Å². The first kappa shape index (κ1) is 22.5. The minimum Gasteiger partial charge on any atom is -0.356 e. The van der Waals surface area contributed by atoms with E-state index in [1.54, 1.807) is 0 Å². The number of rotatable bonds is 0. The molecule has 0 atom stereocenters. The SMILES string of the molecule is O=[N+]([O-])[O-].O=[N+]([O-])[O-].[Ba+2].[Ca+2]. The Balaban J connectivity index is -0.0000000300. The van der Waals surface area contributed by atoms with E-state index in [0.29, 0.717) is 0 Å². The zero-order valence-corrected chi connectivity index (χ0v) is 11.4. The van der Waals surface area contributed by atoms with Gasteiger partial charge in [-0.2, -0.15) is 0 Å². The van der Waals surface area contributed by atoms with E-state index in [0.717, 1.165) is 0 Å². The maximum atomic E-state index is 8.25. The molecule has 0 aromatic rings. The van der Waals surface area contributed by atoms with E-state index in [1.807, 2.05) is 0 Å². The first-order chi connectivity index (χ1) is 3.46. The second-order valence-electron chi connectivity index (χ2n) is 0.447. The molecule has 0 N–H and O–H groups in total. The van der Waals surface area contributed by atoms with Crippen LogP contribution in [0.15, 0.2) is 0 Å². The topological polar surface area (TPSA) is 132 Å². The molecule has 0 fully saturated rings. The van der Waals surface area contributed by atoms with E-state index < -0.39 is 10.2 Å². The molecule has 0 rings (SSSR count). The van der Waals surface area contributed by atoms with Gasteiger partial charge in [0.05, 0.1) is 10.2 Å². The van der Waals surface area contributed by atoms with Crippen molar-refractivity contribution in [2.75, 3.05) is 0 Å². The van der Waals surface area contributed by atoms with Crippen molar-refractivity contribution in [3.8, 4) is 0 Å². The Morgan fingerprint density at radius 1 is 0.800 bits per heavy atom. The third kappa shape index (κ3) is 413. The summed E-state index contributed by atoms with van der Waals surface area (Å²) in [6.45, 7) is 0. The Morgan fingerprint density at radius 3 is 0.800 bits per heavy atom. The average Bonchev–Trinajstić information content (AvgIpc) is 1.25. The van der Waals surface area contributed by atoms with E-state index in [1.165, 1.54) is 0 Å². The molecule has 10 heavy (non-hydrogen) atoms. The van der Waals surface area contributed by atoms with E-state index in [-0.39, 0.29) is 86.6 Å². The molecule has 0 radical (unpaired) electrons. The van der Waals surface area contributed by atoms with Crippen LogP contribution in [-0.4, -0.2) is 96.8 Å². The van der Waals surface area contributed by atoms with Crippen LogP contribution in [0.5, 0.6) is 0 Å². The molecule has 10 heteroatoms. The fourth-order valence-corrected chi connectivity index (χ4v) is 0. The van der Waals surface area contributed by atoms with Gasteiger partial charge in [-0.25, -0.2) is 0 Å². The van der Waals surface area contributed by atoms with E-state index in [9.17, 15) is 0 Å². The van der Waals surface area contributed by atoms with Crippen molar-refractivity contribution < 1.29 is 10.2 Å². The summed E-state index contributed by atoms with van der Waals surface area (Å²) in [4.78, 5) is 16.5. The van der Waals surface area contributed by atoms with Crippen molar-refractivity contribution in [3.05, 3.63) is 30.6 Å². The third-order valence-corrected chi connectivity index (χ3v) is 0. The summed E-state index contributed by atoms with van der Waals surface area (Å²) in [6.07, 6.45) is 0. The van der Waals surface area contributed by atoms with E-state index >= 15 is 0 Å². The predicted molar refractivity (Wildman–Crippen MR) is 32.2 cm³/mol. The summed E-state index contributed by atoms with van der Waals surface area (Å²) in [5, 5.41) is 29.5. The fraction of sp³-hybridized carbons (Fsp3) is 0. The zero-order chi connectivity index (χ0) is 7.15. The summed E-state index contributed by atoms with van der Waals surface area (Å²) in [7, 11) is 0. The summed E-state index contributed by atoms with van der Waals surface area (Å²) >= 11 is 0. The van der Waals surface area contributed by atoms with Gasteiger partial charge in [0.15, 0.2) is 0 Å². The molecular formula is BaCaN2O6+2. The number of nitrogens with zero attached hydrogens (tertiary/aromatic N) is 2. The molecule has 0 bridgehead atoms. The van der Waals surface area contributed by atoms with Crippen molar-refractivity contribution in [2.24, 2.45) is 0 Å². The van der Waals surface area contributed by atoms with Crippen molar-refractivity contribution in [1.29, 1.82) is 0 Å². The molecule has 0 saturated heterocycles. The van der Waals surface area contributed by atoms with Gasteiger partial charge in [0.25, 0.3) is 0 Å². The second-order valence-corrected chi connectivity index (χ2v) is 0.447. The normalized spacial score (nSPS) is 4.80. The van der Waals surface area contributed by atoms with Gasteiger partial charge < -0.3 is 30.6 Å². The van der Waals surface area contributed by atoms with Crippen LogP contribution in [0.4, 0.5) is 0 Å². The summed E-state index contributed by atoms with van der Waals surface area (Å²) in [6, 6.07) is 0. The van der Waals surface area contributed by atoms with Gasteiger partial charge in [0, 0.05) is 0 Å². The molecule has 0 aliphatic rings. The number of hydrogen-bond acceptors (Lipinski definition) is 6. The van der Waals surface area contributed by atoms with Gasteiger partial charge in [0.2, 0.25) is 0 Å². The Labute approximate surface area is 125 Å². The van der Waals surface area contributed by atoms with Crippen LogP contribution >= 0.6 is 0 Å². The summed E-state index contributed by atoms with van der Waals surface area (Å²) < 4.78 is 0. The molecule has 0 aliphatic heterocycles. The van der Waals surface area contributed by atoms with E-state index in [2.05, 4.69) is 0 Å². The zero-order valence-electron chi connectivity index (χ0n) is 4.76. The van der Waals surface area contributed by atoms with Crippen molar-refractivity contribution in [3.63, 3.8) is 0 Å². The molecule has 0 unspecified atom stereocenters. The van der Waals surface area contributed by atoms with Gasteiger partial charge in [-0.3, -0.25) is 0 Å². The first-order valence-electron chi connectivity index (χ1n) is 1.10. The molecule has 0 spiro atoms. The smallest absolute Gasteiger partial charge is 0.356 e. The molecular weight excluding hydrogens is 301 g/mol. The number of hydrogen-bond donors (Lipinski definition) is 0. The van der Waals surface area contributed by atoms with Gasteiger partial charge in [-0.1, -0.05) is 0 Å². The van der Waals surface area contributed by atoms with Crippen LogP contribution in [0.25, 0.3) is 0 Å². The van der Waals surface area contributed by atoms with Gasteiger partial charge in [-0.05, 0) is 0 Å². The summed E-state index contributed by atoms with van der Waals surface area (Å²) in [5.41, 5.74) is 0.